The molecule has 0 aromatic heterocycles. The van der Waals surface area contributed by atoms with Crippen LogP contribution in [0.3, 0.4) is 0 Å². The SMILES string of the molecule is COc1cc(/C=N\NC(=O)C2[C@H]3CCCC[C@H]23)cc(OC)c1OC. The van der Waals surface area contributed by atoms with Gasteiger partial charge in [0.15, 0.2) is 11.5 Å². The molecule has 0 radical (unpaired) electrons. The normalized spacial score (nSPS) is 25.0. The number of amides is 1. The monoisotopic (exact) mass is 332 g/mol. The Hall–Kier alpha value is -2.24. The summed E-state index contributed by atoms with van der Waals surface area (Å²) in [5.41, 5.74) is 3.43. The number of nitrogens with one attached hydrogen (secondary N) is 1. The molecule has 2 aliphatic carbocycles. The van der Waals surface area contributed by atoms with E-state index in [4.69, 9.17) is 14.2 Å². The number of methoxy groups -OCH3 is 3. The minimum Gasteiger partial charge on any atom is -0.493 e. The van der Waals surface area contributed by atoms with Gasteiger partial charge in [-0.2, -0.15) is 5.10 Å². The van der Waals surface area contributed by atoms with Crippen molar-refractivity contribution in [2.75, 3.05) is 21.3 Å². The van der Waals surface area contributed by atoms with Crippen molar-refractivity contribution in [2.24, 2.45) is 22.9 Å². The molecule has 1 N–H and O–H groups in total. The van der Waals surface area contributed by atoms with Crippen molar-refractivity contribution in [2.45, 2.75) is 25.7 Å². The Balaban J connectivity index is 1.65. The second kappa shape index (κ2) is 7.11. The van der Waals surface area contributed by atoms with Gasteiger partial charge in [-0.3, -0.25) is 4.79 Å². The van der Waals surface area contributed by atoms with Gasteiger partial charge >= 0.3 is 0 Å². The Morgan fingerprint density at radius 2 is 1.67 bits per heavy atom. The molecular weight excluding hydrogens is 308 g/mol. The largest absolute Gasteiger partial charge is 0.493 e. The van der Waals surface area contributed by atoms with E-state index in [-0.39, 0.29) is 11.8 Å². The summed E-state index contributed by atoms with van der Waals surface area (Å²) in [6, 6.07) is 3.57. The Morgan fingerprint density at radius 3 is 2.17 bits per heavy atom. The Morgan fingerprint density at radius 1 is 1.08 bits per heavy atom. The Bertz CT molecular complexity index is 607. The zero-order valence-electron chi connectivity index (χ0n) is 14.4. The molecule has 1 aromatic carbocycles. The predicted molar refractivity (Wildman–Crippen MR) is 90.8 cm³/mol. The van der Waals surface area contributed by atoms with E-state index in [1.54, 1.807) is 39.7 Å². The highest BCUT2D eigenvalue weighted by Gasteiger charge is 2.54. The number of fused-ring (bicyclic) bond motifs is 1. The lowest BCUT2D eigenvalue weighted by Crippen LogP contribution is -2.20. The van der Waals surface area contributed by atoms with Crippen LogP contribution in [0.15, 0.2) is 17.2 Å². The number of rotatable bonds is 6. The molecule has 6 nitrogen and oxygen atoms in total. The highest BCUT2D eigenvalue weighted by atomic mass is 16.5. The smallest absolute Gasteiger partial charge is 0.243 e. The van der Waals surface area contributed by atoms with E-state index in [9.17, 15) is 4.79 Å². The van der Waals surface area contributed by atoms with E-state index in [1.807, 2.05) is 0 Å². The van der Waals surface area contributed by atoms with E-state index < -0.39 is 0 Å². The van der Waals surface area contributed by atoms with E-state index in [0.29, 0.717) is 29.1 Å². The first-order valence-electron chi connectivity index (χ1n) is 8.32. The predicted octanol–water partition coefficient (Wildman–Crippen LogP) is 2.60. The van der Waals surface area contributed by atoms with Crippen LogP contribution in [0, 0.1) is 17.8 Å². The molecule has 0 heterocycles. The quantitative estimate of drug-likeness (QED) is 0.642. The van der Waals surface area contributed by atoms with Crippen molar-refractivity contribution in [3.63, 3.8) is 0 Å². The highest BCUT2D eigenvalue weighted by molar-refractivity contribution is 5.86. The van der Waals surface area contributed by atoms with E-state index in [2.05, 4.69) is 10.5 Å². The van der Waals surface area contributed by atoms with Gasteiger partial charge in [0.2, 0.25) is 11.7 Å². The topological polar surface area (TPSA) is 69.2 Å². The lowest BCUT2D eigenvalue weighted by Gasteiger charge is -2.12. The summed E-state index contributed by atoms with van der Waals surface area (Å²) in [4.78, 5) is 12.2. The molecule has 2 saturated carbocycles. The zero-order valence-corrected chi connectivity index (χ0v) is 14.4. The minimum absolute atomic E-state index is 0.0376. The van der Waals surface area contributed by atoms with Crippen LogP contribution in [0.25, 0.3) is 0 Å². The molecule has 0 spiro atoms. The van der Waals surface area contributed by atoms with Crippen molar-refractivity contribution in [3.8, 4) is 17.2 Å². The van der Waals surface area contributed by atoms with Gasteiger partial charge in [0.05, 0.1) is 27.5 Å². The molecule has 2 fully saturated rings. The summed E-state index contributed by atoms with van der Waals surface area (Å²) >= 11 is 0. The van der Waals surface area contributed by atoms with Crippen molar-refractivity contribution < 1.29 is 19.0 Å². The molecule has 0 unspecified atom stereocenters. The summed E-state index contributed by atoms with van der Waals surface area (Å²) in [6.45, 7) is 0. The summed E-state index contributed by atoms with van der Waals surface area (Å²) in [6.07, 6.45) is 6.45. The number of ether oxygens (including phenoxy) is 3. The fourth-order valence-electron chi connectivity index (χ4n) is 3.80. The van der Waals surface area contributed by atoms with Crippen LogP contribution >= 0.6 is 0 Å². The average molecular weight is 332 g/mol. The molecule has 0 aliphatic heterocycles. The first-order valence-corrected chi connectivity index (χ1v) is 8.32. The average Bonchev–Trinajstić information content (AvgIpc) is 3.35. The number of nitrogens with zero attached hydrogens (tertiary/aromatic N) is 1. The lowest BCUT2D eigenvalue weighted by atomic mass is 10.0. The molecule has 3 rings (SSSR count). The van der Waals surface area contributed by atoms with Crippen molar-refractivity contribution in [1.29, 1.82) is 0 Å². The van der Waals surface area contributed by atoms with Crippen LogP contribution in [-0.2, 0) is 4.79 Å². The van der Waals surface area contributed by atoms with Gasteiger partial charge in [-0.05, 0) is 36.8 Å². The van der Waals surface area contributed by atoms with E-state index in [1.165, 1.54) is 25.7 Å². The van der Waals surface area contributed by atoms with E-state index >= 15 is 0 Å². The first-order chi connectivity index (χ1) is 11.7. The molecule has 1 amide bonds. The summed E-state index contributed by atoms with van der Waals surface area (Å²) in [5.74, 6) is 2.99. The molecule has 0 bridgehead atoms. The number of carbonyl (C=O) groups excluding carboxylic acids is 1. The first kappa shape index (κ1) is 16.6. The van der Waals surface area contributed by atoms with Gasteiger partial charge in [0.1, 0.15) is 0 Å². The molecular formula is C18H24N2O4. The van der Waals surface area contributed by atoms with Gasteiger partial charge in [-0.25, -0.2) is 5.43 Å². The van der Waals surface area contributed by atoms with Gasteiger partial charge in [0, 0.05) is 11.5 Å². The Labute approximate surface area is 142 Å². The molecule has 1 aromatic rings. The van der Waals surface area contributed by atoms with Crippen molar-refractivity contribution in [1.82, 2.24) is 5.43 Å². The number of carbonyl (C=O) groups is 1. The van der Waals surface area contributed by atoms with Crippen LogP contribution in [0.4, 0.5) is 0 Å². The number of hydrogen-bond donors (Lipinski definition) is 1. The van der Waals surface area contributed by atoms with Crippen LogP contribution in [0.2, 0.25) is 0 Å². The second-order valence-electron chi connectivity index (χ2n) is 6.33. The number of hydrogen-bond acceptors (Lipinski definition) is 5. The molecule has 2 aliphatic rings. The minimum atomic E-state index is 0.0376. The van der Waals surface area contributed by atoms with Gasteiger partial charge < -0.3 is 14.2 Å². The summed E-state index contributed by atoms with van der Waals surface area (Å²) < 4.78 is 15.9. The van der Waals surface area contributed by atoms with Crippen LogP contribution in [0.1, 0.15) is 31.2 Å². The molecule has 24 heavy (non-hydrogen) atoms. The standard InChI is InChI=1S/C18H24N2O4/c1-22-14-8-11(9-15(23-2)17(14)24-3)10-19-20-18(21)16-12-6-4-5-7-13(12)16/h8-10,12-13,16H,4-7H2,1-3H3,(H,20,21)/b19-10-/t12-,13-/m0/s1. The second-order valence-corrected chi connectivity index (χ2v) is 6.33. The fourth-order valence-corrected chi connectivity index (χ4v) is 3.80. The maximum absolute atomic E-state index is 12.2. The lowest BCUT2D eigenvalue weighted by molar-refractivity contribution is -0.122. The van der Waals surface area contributed by atoms with Crippen LogP contribution in [0.5, 0.6) is 17.2 Å². The third-order valence-corrected chi connectivity index (χ3v) is 5.03. The van der Waals surface area contributed by atoms with Gasteiger partial charge in [0.25, 0.3) is 0 Å². The number of benzene rings is 1. The van der Waals surface area contributed by atoms with Crippen molar-refractivity contribution >= 4 is 12.1 Å². The molecule has 6 heteroatoms. The van der Waals surface area contributed by atoms with E-state index in [0.717, 1.165) is 5.56 Å². The Kier molecular flexibility index (Phi) is 4.92. The zero-order chi connectivity index (χ0) is 17.1. The molecule has 0 saturated heterocycles. The third kappa shape index (κ3) is 3.18. The van der Waals surface area contributed by atoms with Gasteiger partial charge in [-0.15, -0.1) is 0 Å². The summed E-state index contributed by atoms with van der Waals surface area (Å²) in [7, 11) is 4.69. The van der Waals surface area contributed by atoms with Gasteiger partial charge in [-0.1, -0.05) is 12.8 Å². The molecule has 130 valence electrons. The highest BCUT2D eigenvalue weighted by Crippen LogP contribution is 2.55. The maximum Gasteiger partial charge on any atom is 0.243 e. The molecule has 2 atom stereocenters. The fraction of sp³-hybridized carbons (Fsp3) is 0.556. The van der Waals surface area contributed by atoms with Crippen LogP contribution < -0.4 is 19.6 Å². The summed E-state index contributed by atoms with van der Waals surface area (Å²) in [5, 5.41) is 4.09. The maximum atomic E-state index is 12.2. The van der Waals surface area contributed by atoms with Crippen LogP contribution in [-0.4, -0.2) is 33.5 Å². The number of hydrazone groups is 1. The third-order valence-electron chi connectivity index (χ3n) is 5.03. The van der Waals surface area contributed by atoms with Crippen molar-refractivity contribution in [3.05, 3.63) is 17.7 Å².